The van der Waals surface area contributed by atoms with Crippen molar-refractivity contribution in [3.8, 4) is 11.5 Å². The maximum Gasteiger partial charge on any atom is 0.161 e. The molecule has 0 atom stereocenters. The third-order valence-electron chi connectivity index (χ3n) is 3.22. The summed E-state index contributed by atoms with van der Waals surface area (Å²) in [5, 5.41) is 3.37. The summed E-state index contributed by atoms with van der Waals surface area (Å²) in [6.07, 6.45) is 2.33. The van der Waals surface area contributed by atoms with E-state index in [4.69, 9.17) is 9.47 Å². The van der Waals surface area contributed by atoms with Gasteiger partial charge in [0.15, 0.2) is 11.5 Å². The molecule has 4 heteroatoms. The minimum atomic E-state index is 0.123. The fraction of sp³-hybridized carbons (Fsp3) is 0.500. The van der Waals surface area contributed by atoms with Gasteiger partial charge in [0.25, 0.3) is 0 Å². The van der Waals surface area contributed by atoms with Crippen molar-refractivity contribution in [3.63, 3.8) is 0 Å². The fourth-order valence-electron chi connectivity index (χ4n) is 2.00. The first-order valence-electron chi connectivity index (χ1n) is 5.28. The minimum absolute atomic E-state index is 0.123. The number of ether oxygens (including phenoxy) is 2. The Balaban J connectivity index is 2.47. The maximum atomic E-state index is 5.33. The van der Waals surface area contributed by atoms with E-state index in [0.717, 1.165) is 28.8 Å². The summed E-state index contributed by atoms with van der Waals surface area (Å²) >= 11 is 3.59. The molecular formula is C12H16BrNO2. The number of nitrogens with one attached hydrogen (secondary N) is 1. The zero-order chi connectivity index (χ0) is 11.8. The van der Waals surface area contributed by atoms with Crippen molar-refractivity contribution in [1.82, 2.24) is 5.32 Å². The van der Waals surface area contributed by atoms with Crippen LogP contribution < -0.4 is 14.8 Å². The third kappa shape index (κ3) is 1.80. The summed E-state index contributed by atoms with van der Waals surface area (Å²) in [7, 11) is 5.31. The molecule has 3 nitrogen and oxygen atoms in total. The molecular weight excluding hydrogens is 270 g/mol. The van der Waals surface area contributed by atoms with Crippen LogP contribution in [0.4, 0.5) is 0 Å². The van der Waals surface area contributed by atoms with Crippen LogP contribution in [0.1, 0.15) is 18.4 Å². The molecule has 16 heavy (non-hydrogen) atoms. The average molecular weight is 286 g/mol. The summed E-state index contributed by atoms with van der Waals surface area (Å²) in [6.45, 7) is 0. The topological polar surface area (TPSA) is 30.5 Å². The van der Waals surface area contributed by atoms with Crippen LogP contribution in [0.2, 0.25) is 0 Å². The van der Waals surface area contributed by atoms with E-state index in [2.05, 4.69) is 21.2 Å². The normalized spacial score (nSPS) is 17.0. The molecule has 0 bridgehead atoms. The highest BCUT2D eigenvalue weighted by molar-refractivity contribution is 9.10. The van der Waals surface area contributed by atoms with E-state index < -0.39 is 0 Å². The largest absolute Gasteiger partial charge is 0.493 e. The van der Waals surface area contributed by atoms with E-state index in [-0.39, 0.29) is 5.54 Å². The highest BCUT2D eigenvalue weighted by atomic mass is 79.9. The third-order valence-corrected chi connectivity index (χ3v) is 3.87. The highest BCUT2D eigenvalue weighted by Gasteiger charge is 2.44. The molecule has 1 saturated carbocycles. The van der Waals surface area contributed by atoms with E-state index in [0.29, 0.717) is 0 Å². The van der Waals surface area contributed by atoms with Crippen molar-refractivity contribution in [2.24, 2.45) is 0 Å². The lowest BCUT2D eigenvalue weighted by Crippen LogP contribution is -2.25. The quantitative estimate of drug-likeness (QED) is 0.923. The number of hydrogen-bond acceptors (Lipinski definition) is 3. The monoisotopic (exact) mass is 285 g/mol. The summed E-state index contributed by atoms with van der Waals surface area (Å²) in [5.41, 5.74) is 1.37. The molecule has 0 amide bonds. The Kier molecular flexibility index (Phi) is 3.13. The summed E-state index contributed by atoms with van der Waals surface area (Å²) in [5.74, 6) is 1.53. The number of benzene rings is 1. The Hall–Kier alpha value is -0.740. The first-order chi connectivity index (χ1) is 7.66. The second-order valence-electron chi connectivity index (χ2n) is 4.02. The average Bonchev–Trinajstić information content (AvgIpc) is 3.09. The zero-order valence-electron chi connectivity index (χ0n) is 9.76. The van der Waals surface area contributed by atoms with E-state index in [1.54, 1.807) is 14.2 Å². The molecule has 0 radical (unpaired) electrons. The molecule has 1 aromatic rings. The lowest BCUT2D eigenvalue weighted by molar-refractivity contribution is 0.353. The number of hydrogen-bond donors (Lipinski definition) is 1. The van der Waals surface area contributed by atoms with Crippen molar-refractivity contribution >= 4 is 15.9 Å². The van der Waals surface area contributed by atoms with Crippen LogP contribution in [0, 0.1) is 0 Å². The van der Waals surface area contributed by atoms with Gasteiger partial charge in [-0.05, 0) is 37.6 Å². The zero-order valence-corrected chi connectivity index (χ0v) is 11.3. The lowest BCUT2D eigenvalue weighted by Gasteiger charge is -2.19. The van der Waals surface area contributed by atoms with Crippen molar-refractivity contribution in [3.05, 3.63) is 22.2 Å². The van der Waals surface area contributed by atoms with Crippen LogP contribution in [0.15, 0.2) is 16.6 Å². The summed E-state index contributed by atoms with van der Waals surface area (Å²) < 4.78 is 11.7. The molecule has 0 aromatic heterocycles. The fourth-order valence-corrected chi connectivity index (χ4v) is 2.70. The van der Waals surface area contributed by atoms with E-state index in [9.17, 15) is 0 Å². The molecule has 0 unspecified atom stereocenters. The van der Waals surface area contributed by atoms with Gasteiger partial charge in [0, 0.05) is 10.0 Å². The first kappa shape index (κ1) is 11.7. The smallest absolute Gasteiger partial charge is 0.161 e. The molecule has 88 valence electrons. The molecule has 2 rings (SSSR count). The molecule has 0 saturated heterocycles. The molecule has 1 aromatic carbocycles. The minimum Gasteiger partial charge on any atom is -0.493 e. The highest BCUT2D eigenvalue weighted by Crippen LogP contribution is 2.50. The van der Waals surface area contributed by atoms with Crippen molar-refractivity contribution in [2.75, 3.05) is 21.3 Å². The van der Waals surface area contributed by atoms with Gasteiger partial charge in [-0.2, -0.15) is 0 Å². The van der Waals surface area contributed by atoms with Crippen LogP contribution >= 0.6 is 15.9 Å². The molecule has 0 spiro atoms. The van der Waals surface area contributed by atoms with Crippen LogP contribution in [0.25, 0.3) is 0 Å². The standard InChI is InChI=1S/C12H16BrNO2/c1-14-12(4-5-12)8-6-10(15-2)11(16-3)7-9(8)13/h6-7,14H,4-5H2,1-3H3. The van der Waals surface area contributed by atoms with E-state index in [1.807, 2.05) is 19.2 Å². The van der Waals surface area contributed by atoms with Gasteiger partial charge in [-0.15, -0.1) is 0 Å². The van der Waals surface area contributed by atoms with Gasteiger partial charge in [0.2, 0.25) is 0 Å². The molecule has 1 aliphatic carbocycles. The van der Waals surface area contributed by atoms with Gasteiger partial charge in [-0.1, -0.05) is 15.9 Å². The SMILES string of the molecule is CNC1(c2cc(OC)c(OC)cc2Br)CC1. The molecule has 1 aliphatic rings. The van der Waals surface area contributed by atoms with Crippen LogP contribution in [0.5, 0.6) is 11.5 Å². The van der Waals surface area contributed by atoms with Crippen LogP contribution in [0.3, 0.4) is 0 Å². The van der Waals surface area contributed by atoms with Gasteiger partial charge in [0.05, 0.1) is 14.2 Å². The second-order valence-corrected chi connectivity index (χ2v) is 4.87. The number of methoxy groups -OCH3 is 2. The van der Waals surface area contributed by atoms with Crippen LogP contribution in [-0.4, -0.2) is 21.3 Å². The Bertz CT molecular complexity index is 402. The predicted octanol–water partition coefficient (Wildman–Crippen LogP) is 2.67. The molecule has 0 heterocycles. The Morgan fingerprint density at radius 3 is 2.19 bits per heavy atom. The Morgan fingerprint density at radius 1 is 1.19 bits per heavy atom. The number of halogens is 1. The van der Waals surface area contributed by atoms with Gasteiger partial charge in [0.1, 0.15) is 0 Å². The summed E-state index contributed by atoms with van der Waals surface area (Å²) in [4.78, 5) is 0. The Morgan fingerprint density at radius 2 is 1.75 bits per heavy atom. The predicted molar refractivity (Wildman–Crippen MR) is 67.2 cm³/mol. The lowest BCUT2D eigenvalue weighted by atomic mass is 10.0. The van der Waals surface area contributed by atoms with Crippen molar-refractivity contribution < 1.29 is 9.47 Å². The van der Waals surface area contributed by atoms with Gasteiger partial charge >= 0.3 is 0 Å². The van der Waals surface area contributed by atoms with Gasteiger partial charge in [-0.25, -0.2) is 0 Å². The maximum absolute atomic E-state index is 5.33. The number of rotatable bonds is 4. The summed E-state index contributed by atoms with van der Waals surface area (Å²) in [6, 6.07) is 4.01. The molecule has 0 aliphatic heterocycles. The van der Waals surface area contributed by atoms with E-state index in [1.165, 1.54) is 5.56 Å². The van der Waals surface area contributed by atoms with Crippen LogP contribution in [-0.2, 0) is 5.54 Å². The second kappa shape index (κ2) is 4.26. The van der Waals surface area contributed by atoms with Crippen molar-refractivity contribution in [2.45, 2.75) is 18.4 Å². The first-order valence-corrected chi connectivity index (χ1v) is 6.07. The van der Waals surface area contributed by atoms with Crippen molar-refractivity contribution in [1.29, 1.82) is 0 Å². The Labute approximate surface area is 104 Å². The molecule has 1 fully saturated rings. The molecule has 1 N–H and O–H groups in total. The van der Waals surface area contributed by atoms with E-state index >= 15 is 0 Å². The van der Waals surface area contributed by atoms with Gasteiger partial charge in [-0.3, -0.25) is 0 Å². The van der Waals surface area contributed by atoms with Gasteiger partial charge < -0.3 is 14.8 Å².